The van der Waals surface area contributed by atoms with Gasteiger partial charge in [-0.15, -0.1) is 0 Å². The van der Waals surface area contributed by atoms with E-state index >= 15 is 0 Å². The van der Waals surface area contributed by atoms with Gasteiger partial charge in [-0.25, -0.2) is 4.98 Å². The third-order valence-corrected chi connectivity index (χ3v) is 2.43. The van der Waals surface area contributed by atoms with Gasteiger partial charge in [-0.3, -0.25) is 4.79 Å². The number of ketones is 1. The molecule has 4 heteroatoms. The summed E-state index contributed by atoms with van der Waals surface area (Å²) in [5.74, 6) is 0.841. The zero-order valence-corrected chi connectivity index (χ0v) is 10.5. The maximum Gasteiger partial charge on any atom is 0.182 e. The van der Waals surface area contributed by atoms with E-state index in [0.717, 1.165) is 5.75 Å². The van der Waals surface area contributed by atoms with Gasteiger partial charge >= 0.3 is 0 Å². The van der Waals surface area contributed by atoms with Crippen LogP contribution in [0.4, 0.5) is 0 Å². The standard InChI is InChI=1S/C14H16N2O2/c1-11(2)18-13-5-3-12(4-6-13)14(17)9-16-8-7-15-10-16/h3-8,10-11H,9H2,1-2H3. The van der Waals surface area contributed by atoms with Crippen molar-refractivity contribution in [3.63, 3.8) is 0 Å². The van der Waals surface area contributed by atoms with Crippen molar-refractivity contribution in [2.45, 2.75) is 26.5 Å². The number of Topliss-reactive ketones (excluding diaryl/α,β-unsaturated/α-hetero) is 1. The Bertz CT molecular complexity index is 501. The fourth-order valence-electron chi connectivity index (χ4n) is 1.63. The highest BCUT2D eigenvalue weighted by Gasteiger charge is 2.07. The highest BCUT2D eigenvalue weighted by Crippen LogP contribution is 2.14. The van der Waals surface area contributed by atoms with Crippen molar-refractivity contribution in [1.29, 1.82) is 0 Å². The zero-order valence-electron chi connectivity index (χ0n) is 10.5. The van der Waals surface area contributed by atoms with Crippen LogP contribution in [-0.2, 0) is 6.54 Å². The molecule has 0 bridgehead atoms. The highest BCUT2D eigenvalue weighted by atomic mass is 16.5. The maximum absolute atomic E-state index is 12.0. The summed E-state index contributed by atoms with van der Waals surface area (Å²) in [6.07, 6.45) is 5.20. The summed E-state index contributed by atoms with van der Waals surface area (Å²) in [4.78, 5) is 15.9. The Balaban J connectivity index is 2.03. The third-order valence-electron chi connectivity index (χ3n) is 2.43. The predicted octanol–water partition coefficient (Wildman–Crippen LogP) is 2.55. The molecule has 0 saturated heterocycles. The van der Waals surface area contributed by atoms with Gasteiger partial charge in [0.15, 0.2) is 5.78 Å². The Labute approximate surface area is 106 Å². The third kappa shape index (κ3) is 3.20. The molecule has 1 heterocycles. The van der Waals surface area contributed by atoms with E-state index in [1.807, 2.05) is 26.0 Å². The van der Waals surface area contributed by atoms with Gasteiger partial charge in [0.2, 0.25) is 0 Å². The molecule has 2 rings (SSSR count). The van der Waals surface area contributed by atoms with Gasteiger partial charge in [-0.05, 0) is 38.1 Å². The fourth-order valence-corrected chi connectivity index (χ4v) is 1.63. The lowest BCUT2D eigenvalue weighted by Crippen LogP contribution is -2.09. The molecule has 0 atom stereocenters. The molecule has 0 aliphatic rings. The molecule has 0 amide bonds. The second kappa shape index (κ2) is 5.49. The summed E-state index contributed by atoms with van der Waals surface area (Å²) in [6.45, 7) is 4.25. The first kappa shape index (κ1) is 12.4. The first-order valence-electron chi connectivity index (χ1n) is 5.91. The number of nitrogens with zero attached hydrogens (tertiary/aromatic N) is 2. The van der Waals surface area contributed by atoms with Gasteiger partial charge in [0.05, 0.1) is 19.0 Å². The van der Waals surface area contributed by atoms with Crippen LogP contribution < -0.4 is 4.74 Å². The van der Waals surface area contributed by atoms with E-state index in [4.69, 9.17) is 4.74 Å². The zero-order chi connectivity index (χ0) is 13.0. The van der Waals surface area contributed by atoms with Gasteiger partial charge in [0.1, 0.15) is 5.75 Å². The summed E-state index contributed by atoms with van der Waals surface area (Å²) in [7, 11) is 0. The molecule has 94 valence electrons. The fraction of sp³-hybridized carbons (Fsp3) is 0.286. The minimum absolute atomic E-state index is 0.0593. The van der Waals surface area contributed by atoms with Crippen LogP contribution in [0, 0.1) is 0 Å². The van der Waals surface area contributed by atoms with E-state index < -0.39 is 0 Å². The van der Waals surface area contributed by atoms with E-state index in [1.165, 1.54) is 0 Å². The quantitative estimate of drug-likeness (QED) is 0.759. The van der Waals surface area contributed by atoms with Crippen LogP contribution in [0.25, 0.3) is 0 Å². The van der Waals surface area contributed by atoms with Crippen molar-refractivity contribution < 1.29 is 9.53 Å². The maximum atomic E-state index is 12.0. The average Bonchev–Trinajstić information content (AvgIpc) is 2.82. The number of benzene rings is 1. The molecule has 4 nitrogen and oxygen atoms in total. The van der Waals surface area contributed by atoms with Crippen molar-refractivity contribution in [3.05, 3.63) is 48.5 Å². The van der Waals surface area contributed by atoms with Gasteiger partial charge < -0.3 is 9.30 Å². The number of ether oxygens (including phenoxy) is 1. The lowest BCUT2D eigenvalue weighted by atomic mass is 10.1. The lowest BCUT2D eigenvalue weighted by Gasteiger charge is -2.09. The summed E-state index contributed by atoms with van der Waals surface area (Å²) < 4.78 is 7.28. The van der Waals surface area contributed by atoms with Crippen molar-refractivity contribution >= 4 is 5.78 Å². The predicted molar refractivity (Wildman–Crippen MR) is 68.8 cm³/mol. The molecule has 0 N–H and O–H groups in total. The van der Waals surface area contributed by atoms with Crippen LogP contribution >= 0.6 is 0 Å². The average molecular weight is 244 g/mol. The van der Waals surface area contributed by atoms with Crippen LogP contribution in [0.5, 0.6) is 5.75 Å². The van der Waals surface area contributed by atoms with E-state index in [9.17, 15) is 4.79 Å². The lowest BCUT2D eigenvalue weighted by molar-refractivity contribution is 0.0972. The van der Waals surface area contributed by atoms with Crippen LogP contribution in [0.2, 0.25) is 0 Å². The molecular weight excluding hydrogens is 228 g/mol. The molecule has 0 aliphatic heterocycles. The highest BCUT2D eigenvalue weighted by molar-refractivity contribution is 5.95. The van der Waals surface area contributed by atoms with E-state index in [-0.39, 0.29) is 11.9 Å². The monoisotopic (exact) mass is 244 g/mol. The molecule has 18 heavy (non-hydrogen) atoms. The molecule has 1 aromatic carbocycles. The molecule has 1 aromatic heterocycles. The number of carbonyl (C=O) groups excluding carboxylic acids is 1. The Kier molecular flexibility index (Phi) is 3.77. The Morgan fingerprint density at radius 2 is 2.06 bits per heavy atom. The number of hydrogen-bond acceptors (Lipinski definition) is 3. The second-order valence-corrected chi connectivity index (χ2v) is 4.35. The molecule has 0 spiro atoms. The van der Waals surface area contributed by atoms with Crippen LogP contribution in [0.1, 0.15) is 24.2 Å². The molecule has 0 aliphatic carbocycles. The smallest absolute Gasteiger partial charge is 0.182 e. The summed E-state index contributed by atoms with van der Waals surface area (Å²) in [5, 5.41) is 0. The van der Waals surface area contributed by atoms with E-state index in [0.29, 0.717) is 12.1 Å². The number of rotatable bonds is 5. The number of aromatic nitrogens is 2. The first-order chi connectivity index (χ1) is 8.65. The van der Waals surface area contributed by atoms with Crippen LogP contribution in [0.15, 0.2) is 43.0 Å². The van der Waals surface area contributed by atoms with Crippen LogP contribution in [0.3, 0.4) is 0 Å². The Hall–Kier alpha value is -2.10. The van der Waals surface area contributed by atoms with Gasteiger partial charge in [-0.2, -0.15) is 0 Å². The van der Waals surface area contributed by atoms with Crippen molar-refractivity contribution in [1.82, 2.24) is 9.55 Å². The normalized spacial score (nSPS) is 10.6. The van der Waals surface area contributed by atoms with Crippen molar-refractivity contribution in [2.75, 3.05) is 0 Å². The minimum Gasteiger partial charge on any atom is -0.491 e. The van der Waals surface area contributed by atoms with E-state index in [2.05, 4.69) is 4.98 Å². The van der Waals surface area contributed by atoms with Gasteiger partial charge in [-0.1, -0.05) is 0 Å². The number of carbonyl (C=O) groups is 1. The molecular formula is C14H16N2O2. The van der Waals surface area contributed by atoms with E-state index in [1.54, 1.807) is 35.4 Å². The van der Waals surface area contributed by atoms with Gasteiger partial charge in [0, 0.05) is 18.0 Å². The largest absolute Gasteiger partial charge is 0.491 e. The van der Waals surface area contributed by atoms with Gasteiger partial charge in [0.25, 0.3) is 0 Å². The van der Waals surface area contributed by atoms with Crippen molar-refractivity contribution in [3.8, 4) is 5.75 Å². The molecule has 0 unspecified atom stereocenters. The molecule has 2 aromatic rings. The Morgan fingerprint density at radius 3 is 2.61 bits per heavy atom. The molecule has 0 fully saturated rings. The molecule has 0 saturated carbocycles. The number of hydrogen-bond donors (Lipinski definition) is 0. The topological polar surface area (TPSA) is 44.1 Å². The molecule has 0 radical (unpaired) electrons. The van der Waals surface area contributed by atoms with Crippen molar-refractivity contribution in [2.24, 2.45) is 0 Å². The second-order valence-electron chi connectivity index (χ2n) is 4.35. The SMILES string of the molecule is CC(C)Oc1ccc(C(=O)Cn2ccnc2)cc1. The summed E-state index contributed by atoms with van der Waals surface area (Å²) in [6, 6.07) is 7.22. The Morgan fingerprint density at radius 1 is 1.33 bits per heavy atom. The van der Waals surface area contributed by atoms with Crippen LogP contribution in [-0.4, -0.2) is 21.4 Å². The summed E-state index contributed by atoms with van der Waals surface area (Å²) in [5.41, 5.74) is 0.680. The number of imidazole rings is 1. The summed E-state index contributed by atoms with van der Waals surface area (Å²) >= 11 is 0. The first-order valence-corrected chi connectivity index (χ1v) is 5.91. The minimum atomic E-state index is 0.0593.